The molecule has 0 amide bonds. The molecular weight excluding hydrogens is 497 g/mol. The largest absolute Gasteiger partial charge is 0.490 e. The van der Waals surface area contributed by atoms with Gasteiger partial charge in [-0.05, 0) is 62.3 Å². The number of fused-ring (bicyclic) bond motifs is 1. The van der Waals surface area contributed by atoms with Gasteiger partial charge in [0, 0.05) is 29.9 Å². The molecule has 36 heavy (non-hydrogen) atoms. The number of carboxylic acid groups (broad SMARTS) is 1. The van der Waals surface area contributed by atoms with Gasteiger partial charge in [-0.15, -0.1) is 0 Å². The molecule has 0 radical (unpaired) electrons. The monoisotopic (exact) mass is 526 g/mol. The molecule has 2 heterocycles. The number of aromatic nitrogens is 2. The first-order valence-corrected chi connectivity index (χ1v) is 12.9. The van der Waals surface area contributed by atoms with Crippen LogP contribution in [0.3, 0.4) is 0 Å². The van der Waals surface area contributed by atoms with Crippen molar-refractivity contribution in [3.63, 3.8) is 0 Å². The molecule has 1 fully saturated rings. The number of rotatable bonds is 6. The van der Waals surface area contributed by atoms with Gasteiger partial charge in [0.2, 0.25) is 10.0 Å². The molecule has 1 aromatic carbocycles. The van der Waals surface area contributed by atoms with E-state index in [1.165, 1.54) is 6.42 Å². The number of alkyl halides is 3. The average molecular weight is 527 g/mol. The van der Waals surface area contributed by atoms with E-state index in [0.717, 1.165) is 60.1 Å². The molecule has 196 valence electrons. The lowest BCUT2D eigenvalue weighted by molar-refractivity contribution is -0.192. The number of benzene rings is 1. The van der Waals surface area contributed by atoms with Crippen LogP contribution < -0.4 is 4.72 Å². The number of pyridine rings is 1. The summed E-state index contributed by atoms with van der Waals surface area (Å²) >= 11 is 0. The smallest absolute Gasteiger partial charge is 0.475 e. The van der Waals surface area contributed by atoms with Crippen molar-refractivity contribution in [3.8, 4) is 11.1 Å². The van der Waals surface area contributed by atoms with Gasteiger partial charge in [-0.3, -0.25) is 0 Å². The summed E-state index contributed by atoms with van der Waals surface area (Å²) in [7, 11) is 0.572. The van der Waals surface area contributed by atoms with Crippen LogP contribution in [0.25, 0.3) is 22.2 Å². The lowest BCUT2D eigenvalue weighted by Crippen LogP contribution is -2.36. The summed E-state index contributed by atoms with van der Waals surface area (Å²) in [6.07, 6.45) is 1.93. The SMILES string of the molecule is CN(C)Cc1cc2c(-c3ccc(S(=O)(=O)NC4CCCCC4)cc3)ccnc2[nH]1.O=C(O)C(F)(F)F. The Kier molecular flexibility index (Phi) is 8.75. The first-order chi connectivity index (χ1) is 16.9. The van der Waals surface area contributed by atoms with Gasteiger partial charge < -0.3 is 15.0 Å². The molecule has 0 spiro atoms. The highest BCUT2D eigenvalue weighted by Crippen LogP contribution is 2.29. The Balaban J connectivity index is 0.000000454. The van der Waals surface area contributed by atoms with Crippen molar-refractivity contribution >= 4 is 27.0 Å². The average Bonchev–Trinajstić information content (AvgIpc) is 3.21. The van der Waals surface area contributed by atoms with E-state index in [1.54, 1.807) is 18.3 Å². The molecule has 4 rings (SSSR count). The van der Waals surface area contributed by atoms with Crippen LogP contribution in [0.1, 0.15) is 37.8 Å². The Bertz CT molecular complexity index is 1280. The van der Waals surface area contributed by atoms with Gasteiger partial charge in [-0.1, -0.05) is 31.4 Å². The fraction of sp³-hybridized carbons (Fsp3) is 0.417. The van der Waals surface area contributed by atoms with Gasteiger partial charge in [0.25, 0.3) is 0 Å². The number of aliphatic carboxylic acids is 1. The number of carbonyl (C=O) groups is 1. The van der Waals surface area contributed by atoms with Crippen LogP contribution in [0.5, 0.6) is 0 Å². The van der Waals surface area contributed by atoms with Crippen LogP contribution in [-0.2, 0) is 21.4 Å². The molecule has 0 bridgehead atoms. The molecule has 0 unspecified atom stereocenters. The van der Waals surface area contributed by atoms with Crippen molar-refractivity contribution in [1.82, 2.24) is 19.6 Å². The van der Waals surface area contributed by atoms with Gasteiger partial charge in [0.1, 0.15) is 5.65 Å². The van der Waals surface area contributed by atoms with Gasteiger partial charge in [-0.2, -0.15) is 13.2 Å². The van der Waals surface area contributed by atoms with Gasteiger partial charge in [0.15, 0.2) is 0 Å². The molecule has 1 saturated carbocycles. The highest BCUT2D eigenvalue weighted by Gasteiger charge is 2.38. The van der Waals surface area contributed by atoms with Crippen molar-refractivity contribution in [3.05, 3.63) is 48.3 Å². The molecule has 1 aliphatic rings. The molecule has 8 nitrogen and oxygen atoms in total. The zero-order valence-electron chi connectivity index (χ0n) is 20.0. The zero-order chi connectivity index (χ0) is 26.5. The van der Waals surface area contributed by atoms with Crippen LogP contribution in [-0.4, -0.2) is 60.7 Å². The molecule has 0 atom stereocenters. The number of hydrogen-bond donors (Lipinski definition) is 3. The van der Waals surface area contributed by atoms with E-state index < -0.39 is 22.2 Å². The van der Waals surface area contributed by atoms with E-state index in [-0.39, 0.29) is 6.04 Å². The number of nitrogens with one attached hydrogen (secondary N) is 2. The number of carboxylic acids is 1. The van der Waals surface area contributed by atoms with Crippen molar-refractivity contribution in [2.75, 3.05) is 14.1 Å². The highest BCUT2D eigenvalue weighted by molar-refractivity contribution is 7.89. The normalized spacial score (nSPS) is 15.1. The summed E-state index contributed by atoms with van der Waals surface area (Å²) < 4.78 is 60.1. The Labute approximate surface area is 207 Å². The van der Waals surface area contributed by atoms with Gasteiger partial charge >= 0.3 is 12.1 Å². The summed E-state index contributed by atoms with van der Waals surface area (Å²) in [5.74, 6) is -2.76. The van der Waals surface area contributed by atoms with E-state index in [4.69, 9.17) is 9.90 Å². The molecule has 0 saturated heterocycles. The quantitative estimate of drug-likeness (QED) is 0.435. The van der Waals surface area contributed by atoms with Crippen LogP contribution in [0.4, 0.5) is 13.2 Å². The lowest BCUT2D eigenvalue weighted by atomic mass is 9.96. The third-order valence-corrected chi connectivity index (χ3v) is 7.26. The Morgan fingerprint density at radius 1 is 1.14 bits per heavy atom. The Morgan fingerprint density at radius 2 is 1.75 bits per heavy atom. The number of aromatic amines is 1. The minimum absolute atomic E-state index is 0.0585. The molecule has 0 aliphatic heterocycles. The summed E-state index contributed by atoms with van der Waals surface area (Å²) in [5, 5.41) is 8.17. The minimum Gasteiger partial charge on any atom is -0.475 e. The molecule has 1 aliphatic carbocycles. The number of hydrogen-bond acceptors (Lipinski definition) is 5. The highest BCUT2D eigenvalue weighted by atomic mass is 32.2. The van der Waals surface area contributed by atoms with Gasteiger partial charge in [0.05, 0.1) is 4.90 Å². The molecule has 3 aromatic rings. The topological polar surface area (TPSA) is 115 Å². The maximum atomic E-state index is 12.7. The third kappa shape index (κ3) is 7.28. The number of nitrogens with zero attached hydrogens (tertiary/aromatic N) is 2. The van der Waals surface area contributed by atoms with E-state index in [9.17, 15) is 21.6 Å². The molecule has 12 heteroatoms. The van der Waals surface area contributed by atoms with E-state index in [0.29, 0.717) is 4.90 Å². The zero-order valence-corrected chi connectivity index (χ0v) is 20.8. The number of sulfonamides is 1. The van der Waals surface area contributed by atoms with E-state index in [2.05, 4.69) is 25.7 Å². The molecule has 2 aromatic heterocycles. The van der Waals surface area contributed by atoms with Crippen molar-refractivity contribution in [2.24, 2.45) is 0 Å². The van der Waals surface area contributed by atoms with Crippen molar-refractivity contribution in [1.29, 1.82) is 0 Å². The summed E-state index contributed by atoms with van der Waals surface area (Å²) in [6.45, 7) is 0.805. The van der Waals surface area contributed by atoms with Crippen molar-refractivity contribution in [2.45, 2.75) is 55.8 Å². The second kappa shape index (κ2) is 11.4. The predicted octanol–water partition coefficient (Wildman–Crippen LogP) is 4.54. The summed E-state index contributed by atoms with van der Waals surface area (Å²) in [5.41, 5.74) is 3.96. The fourth-order valence-corrected chi connectivity index (χ4v) is 5.39. The minimum atomic E-state index is -5.08. The van der Waals surface area contributed by atoms with Crippen LogP contribution in [0.2, 0.25) is 0 Å². The lowest BCUT2D eigenvalue weighted by Gasteiger charge is -2.22. The van der Waals surface area contributed by atoms with E-state index >= 15 is 0 Å². The molecular formula is C24H29F3N4O4S. The second-order valence-electron chi connectivity index (χ2n) is 8.94. The Hall–Kier alpha value is -2.96. The first kappa shape index (κ1) is 27.6. The maximum Gasteiger partial charge on any atom is 0.490 e. The van der Waals surface area contributed by atoms with Gasteiger partial charge in [-0.25, -0.2) is 22.9 Å². The number of halogens is 3. The number of H-pyrrole nitrogens is 1. The summed E-state index contributed by atoms with van der Waals surface area (Å²) in [6, 6.07) is 11.3. The van der Waals surface area contributed by atoms with E-state index in [1.807, 2.05) is 32.3 Å². The third-order valence-electron chi connectivity index (χ3n) is 5.72. The Morgan fingerprint density at radius 3 is 2.31 bits per heavy atom. The molecule has 3 N–H and O–H groups in total. The van der Waals surface area contributed by atoms with Crippen molar-refractivity contribution < 1.29 is 31.5 Å². The van der Waals surface area contributed by atoms with Crippen LogP contribution in [0.15, 0.2) is 47.5 Å². The predicted molar refractivity (Wildman–Crippen MR) is 130 cm³/mol. The summed E-state index contributed by atoms with van der Waals surface area (Å²) in [4.78, 5) is 19.1. The first-order valence-electron chi connectivity index (χ1n) is 11.4. The second-order valence-corrected chi connectivity index (χ2v) is 10.7. The maximum absolute atomic E-state index is 12.7. The fourth-order valence-electron chi connectivity index (χ4n) is 4.08. The van der Waals surface area contributed by atoms with Crippen LogP contribution >= 0.6 is 0 Å². The van der Waals surface area contributed by atoms with Crippen LogP contribution in [0, 0.1) is 0 Å². The standard InChI is InChI=1S/C22H28N4O2S.C2HF3O2/c1-26(2)15-18-14-21-20(12-13-23-22(21)24-18)16-8-10-19(11-9-16)29(27,28)25-17-6-4-3-5-7-17;3-2(4,5)1(6)7/h8-14,17,25H,3-7,15H2,1-2H3,(H,23,24);(H,6,7).